The summed E-state index contributed by atoms with van der Waals surface area (Å²) in [4.78, 5) is 9.89. The molecule has 0 spiro atoms. The number of aromatic nitrogens is 3. The zero-order chi connectivity index (χ0) is 39.1. The van der Waals surface area contributed by atoms with E-state index < -0.39 is 8.07 Å². The standard InChI is InChI=1S/C29H17N2O.C23H32NSi.Ir/c1-2-11-20-19(9-1)10-7-17-25(20)31-26-16-5-4-15-24(26)30-29(31)23-14-8-13-22-21-12-3-6-18-27(21)32-28(22)23;1-17(2)19-10-12-20(13-11-19)22-15-21(14-18-8-6-7-9-18)23(16-24-22)25(3,4)5;/h1-13,15-18H;10-12,15-18H,6-9,14H2,1-5H3;/q2*-1;. The van der Waals surface area contributed by atoms with E-state index in [-0.39, 0.29) is 20.1 Å². The van der Waals surface area contributed by atoms with E-state index in [1.807, 2.05) is 30.3 Å². The summed E-state index contributed by atoms with van der Waals surface area (Å²) in [6, 6.07) is 51.1. The topological polar surface area (TPSA) is 43.9 Å². The minimum absolute atomic E-state index is 0. The predicted octanol–water partition coefficient (Wildman–Crippen LogP) is 13.5. The maximum Gasteiger partial charge on any atom is 0.120 e. The molecule has 4 nitrogen and oxygen atoms in total. The second-order valence-electron chi connectivity index (χ2n) is 17.0. The molecule has 1 radical (unpaired) electrons. The van der Waals surface area contributed by atoms with E-state index in [1.165, 1.54) is 48.4 Å². The van der Waals surface area contributed by atoms with Gasteiger partial charge in [0.1, 0.15) is 5.58 Å². The number of imidazole rings is 1. The van der Waals surface area contributed by atoms with Crippen LogP contribution in [0.4, 0.5) is 0 Å². The zero-order valence-corrected chi connectivity index (χ0v) is 37.4. The summed E-state index contributed by atoms with van der Waals surface area (Å²) in [7, 11) is -1.37. The maximum atomic E-state index is 6.33. The summed E-state index contributed by atoms with van der Waals surface area (Å²) in [5, 5.41) is 6.09. The summed E-state index contributed by atoms with van der Waals surface area (Å²) in [6.07, 6.45) is 9.04. The Hall–Kier alpha value is -5.13. The molecular weight excluding hydrogens is 903 g/mol. The van der Waals surface area contributed by atoms with E-state index in [9.17, 15) is 0 Å². The van der Waals surface area contributed by atoms with E-state index in [0.717, 1.165) is 67.2 Å². The van der Waals surface area contributed by atoms with Gasteiger partial charge in [-0.2, -0.15) is 0 Å². The van der Waals surface area contributed by atoms with E-state index >= 15 is 0 Å². The van der Waals surface area contributed by atoms with Crippen LogP contribution in [0.5, 0.6) is 0 Å². The second kappa shape index (κ2) is 16.6. The molecule has 0 amide bonds. The van der Waals surface area contributed by atoms with Crippen LogP contribution in [-0.4, -0.2) is 22.6 Å². The van der Waals surface area contributed by atoms with Gasteiger partial charge in [-0.3, -0.25) is 4.98 Å². The second-order valence-corrected chi connectivity index (χ2v) is 22.0. The number of fused-ring (bicyclic) bond motifs is 5. The smallest absolute Gasteiger partial charge is 0.120 e. The third kappa shape index (κ3) is 7.74. The van der Waals surface area contributed by atoms with Gasteiger partial charge in [0.2, 0.25) is 0 Å². The van der Waals surface area contributed by atoms with Crippen LogP contribution in [0.3, 0.4) is 0 Å². The molecule has 3 heterocycles. The van der Waals surface area contributed by atoms with Crippen LogP contribution >= 0.6 is 0 Å². The van der Waals surface area contributed by atoms with Crippen molar-refractivity contribution in [3.8, 4) is 28.3 Å². The van der Waals surface area contributed by atoms with Crippen LogP contribution in [0, 0.1) is 18.1 Å². The Morgan fingerprint density at radius 3 is 2.31 bits per heavy atom. The monoisotopic (exact) mass is 952 g/mol. The number of nitrogens with zero attached hydrogens (tertiary/aromatic N) is 3. The third-order valence-corrected chi connectivity index (χ3v) is 13.8. The van der Waals surface area contributed by atoms with Crippen molar-refractivity contribution in [3.63, 3.8) is 0 Å². The molecule has 1 fully saturated rings. The maximum absolute atomic E-state index is 6.33. The van der Waals surface area contributed by atoms with Crippen molar-refractivity contribution >= 4 is 57.0 Å². The van der Waals surface area contributed by atoms with E-state index in [1.54, 1.807) is 10.8 Å². The Morgan fingerprint density at radius 1 is 0.793 bits per heavy atom. The van der Waals surface area contributed by atoms with Crippen LogP contribution in [0.15, 0.2) is 138 Å². The fraction of sp³-hybridized carbons (Fsp3) is 0.231. The summed E-state index contributed by atoms with van der Waals surface area (Å²) >= 11 is 0. The van der Waals surface area contributed by atoms with Crippen molar-refractivity contribution in [1.82, 2.24) is 14.5 Å². The van der Waals surface area contributed by atoms with Crippen molar-refractivity contribution in [2.75, 3.05) is 0 Å². The van der Waals surface area contributed by atoms with Gasteiger partial charge in [0.05, 0.1) is 30.5 Å². The van der Waals surface area contributed by atoms with Crippen LogP contribution in [0.2, 0.25) is 19.6 Å². The van der Waals surface area contributed by atoms with Gasteiger partial charge in [-0.05, 0) is 52.9 Å². The summed E-state index contributed by atoms with van der Waals surface area (Å²) in [5.74, 6) is 2.25. The average molecular weight is 952 g/mol. The third-order valence-electron chi connectivity index (χ3n) is 11.7. The zero-order valence-electron chi connectivity index (χ0n) is 34.0. The molecular formula is C52H49IrN3OSi-2. The molecule has 6 heteroatoms. The molecule has 1 aliphatic carbocycles. The Balaban J connectivity index is 0.000000165. The molecule has 9 aromatic rings. The molecule has 58 heavy (non-hydrogen) atoms. The quantitative estimate of drug-likeness (QED) is 0.118. The Morgan fingerprint density at radius 2 is 1.53 bits per heavy atom. The fourth-order valence-electron chi connectivity index (χ4n) is 8.67. The molecule has 0 bridgehead atoms. The van der Waals surface area contributed by atoms with Crippen molar-refractivity contribution < 1.29 is 24.5 Å². The van der Waals surface area contributed by atoms with Crippen molar-refractivity contribution in [3.05, 3.63) is 157 Å². The van der Waals surface area contributed by atoms with Gasteiger partial charge >= 0.3 is 0 Å². The van der Waals surface area contributed by atoms with Gasteiger partial charge in [0, 0.05) is 42.8 Å². The number of hydrogen-bond donors (Lipinski definition) is 0. The van der Waals surface area contributed by atoms with Crippen LogP contribution in [0.1, 0.15) is 56.6 Å². The minimum Gasteiger partial charge on any atom is -0.501 e. The first-order valence-electron chi connectivity index (χ1n) is 20.5. The van der Waals surface area contributed by atoms with Gasteiger partial charge in [-0.25, -0.2) is 0 Å². The summed E-state index contributed by atoms with van der Waals surface area (Å²) in [6.45, 7) is 11.8. The first kappa shape index (κ1) is 39.7. The molecule has 0 aliphatic heterocycles. The Bertz CT molecular complexity index is 2850. The molecule has 3 aromatic heterocycles. The summed E-state index contributed by atoms with van der Waals surface area (Å²) < 4.78 is 8.56. The molecule has 293 valence electrons. The van der Waals surface area contributed by atoms with Crippen molar-refractivity contribution in [1.29, 1.82) is 0 Å². The molecule has 0 atom stereocenters. The molecule has 1 saturated carbocycles. The average Bonchev–Trinajstić information content (AvgIpc) is 3.98. The van der Waals surface area contributed by atoms with Gasteiger partial charge in [0.15, 0.2) is 0 Å². The number of hydrogen-bond acceptors (Lipinski definition) is 3. The van der Waals surface area contributed by atoms with Gasteiger partial charge in [-0.15, -0.1) is 53.6 Å². The number of para-hydroxylation sites is 3. The largest absolute Gasteiger partial charge is 0.501 e. The van der Waals surface area contributed by atoms with Crippen molar-refractivity contribution in [2.24, 2.45) is 5.92 Å². The first-order chi connectivity index (χ1) is 27.7. The molecule has 0 saturated heterocycles. The van der Waals surface area contributed by atoms with E-state index in [0.29, 0.717) is 5.92 Å². The number of benzene rings is 6. The minimum atomic E-state index is -1.37. The van der Waals surface area contributed by atoms with Gasteiger partial charge in [0.25, 0.3) is 0 Å². The van der Waals surface area contributed by atoms with Gasteiger partial charge in [-0.1, -0.05) is 154 Å². The van der Waals surface area contributed by atoms with E-state index in [4.69, 9.17) is 14.4 Å². The number of pyridine rings is 1. The number of furan rings is 1. The Labute approximate surface area is 356 Å². The molecule has 0 unspecified atom stereocenters. The van der Waals surface area contributed by atoms with Crippen LogP contribution < -0.4 is 5.19 Å². The van der Waals surface area contributed by atoms with Crippen LogP contribution in [0.25, 0.3) is 72.1 Å². The predicted molar refractivity (Wildman–Crippen MR) is 241 cm³/mol. The SMILES string of the molecule is CC(C)c1c[c-]c(-c2cc(CC3CCCC3)c([Si](C)(C)C)cn2)cc1.[Ir].[c-]1ccc2c(oc3ccccc32)c1-c1nc2ccccc2n1-c1cccc2ccccc12. The molecule has 10 rings (SSSR count). The van der Waals surface area contributed by atoms with Crippen molar-refractivity contribution in [2.45, 2.75) is 71.5 Å². The molecule has 0 N–H and O–H groups in total. The Kier molecular flexibility index (Phi) is 11.4. The van der Waals surface area contributed by atoms with E-state index in [2.05, 4.69) is 153 Å². The first-order valence-corrected chi connectivity index (χ1v) is 24.0. The fourth-order valence-corrected chi connectivity index (χ4v) is 10.3. The number of rotatable bonds is 7. The molecule has 6 aromatic carbocycles. The van der Waals surface area contributed by atoms with Crippen LogP contribution in [-0.2, 0) is 26.5 Å². The summed E-state index contributed by atoms with van der Waals surface area (Å²) in [5.41, 5.74) is 10.7. The molecule has 1 aliphatic rings. The normalized spacial score (nSPS) is 13.3. The van der Waals surface area contributed by atoms with Gasteiger partial charge < -0.3 is 14.0 Å².